The summed E-state index contributed by atoms with van der Waals surface area (Å²) in [7, 11) is 0. The lowest BCUT2D eigenvalue weighted by molar-refractivity contribution is 0.349. The first kappa shape index (κ1) is 21.4. The van der Waals surface area contributed by atoms with Crippen LogP contribution in [0.1, 0.15) is 18.9 Å². The molecule has 1 aromatic heterocycles. The predicted octanol–water partition coefficient (Wildman–Crippen LogP) is 5.39. The third-order valence-electron chi connectivity index (χ3n) is 5.38. The Balaban J connectivity index is 1.72. The fourth-order valence-corrected chi connectivity index (χ4v) is 4.33. The molecule has 31 heavy (non-hydrogen) atoms. The number of nitrogens with two attached hydrogens (primary N) is 1. The van der Waals surface area contributed by atoms with Crippen molar-refractivity contribution in [3.63, 3.8) is 0 Å². The summed E-state index contributed by atoms with van der Waals surface area (Å²) in [4.78, 5) is 4.27. The second-order valence-corrected chi connectivity index (χ2v) is 10.4. The van der Waals surface area contributed by atoms with Crippen molar-refractivity contribution in [3.8, 4) is 16.9 Å². The molecule has 7 heteroatoms. The average molecular weight is 529 g/mol. The van der Waals surface area contributed by atoms with Crippen LogP contribution < -0.4 is 11.1 Å². The van der Waals surface area contributed by atoms with Crippen LogP contribution in [0.5, 0.6) is 0 Å². The first-order valence-electron chi connectivity index (χ1n) is 9.97. The number of nitrogens with zero attached hydrogens (tertiary/aromatic N) is 3. The number of para-hydroxylation sites is 1. The zero-order valence-corrected chi connectivity index (χ0v) is 19.5. The molecular formula is C24H25FIN5. The Morgan fingerprint density at radius 3 is 2.68 bits per heavy atom. The molecule has 2 atom stereocenters. The maximum Gasteiger partial charge on any atom is 0.178 e. The number of aromatic nitrogens is 2. The van der Waals surface area contributed by atoms with Crippen LogP contribution in [0.2, 0.25) is 0 Å². The molecule has 4 rings (SSSR count). The Kier molecular flexibility index (Phi) is 6.04. The second kappa shape index (κ2) is 8.74. The number of hydrogen-bond donors (Lipinski definition) is 2. The average Bonchev–Trinajstić information content (AvgIpc) is 3.41. The highest BCUT2D eigenvalue weighted by Crippen LogP contribution is 2.38. The minimum absolute atomic E-state index is 0.155. The van der Waals surface area contributed by atoms with Gasteiger partial charge in [-0.05, 0) is 30.7 Å². The van der Waals surface area contributed by atoms with Gasteiger partial charge in [0, 0.05) is 36.2 Å². The normalized spacial score (nSPS) is 17.7. The number of amidine groups is 1. The quantitative estimate of drug-likeness (QED) is 0.319. The summed E-state index contributed by atoms with van der Waals surface area (Å²) in [5, 5.41) is 8.10. The Labute approximate surface area is 191 Å². The molecule has 0 bridgehead atoms. The fourth-order valence-electron chi connectivity index (χ4n) is 3.55. The molecule has 0 saturated carbocycles. The maximum absolute atomic E-state index is 15.0. The van der Waals surface area contributed by atoms with Gasteiger partial charge in [0.1, 0.15) is 0 Å². The largest absolute Gasteiger partial charge is 0.387 e. The molecule has 0 radical (unpaired) electrons. The van der Waals surface area contributed by atoms with E-state index in [1.54, 1.807) is 6.92 Å². The number of benzene rings is 2. The number of rotatable bonds is 7. The number of halogens is 2. The lowest BCUT2D eigenvalue weighted by Crippen LogP contribution is -2.15. The predicted molar refractivity (Wildman–Crippen MR) is 136 cm³/mol. The molecule has 0 amide bonds. The Morgan fingerprint density at radius 2 is 2.00 bits per heavy atom. The van der Waals surface area contributed by atoms with E-state index >= 15 is 0 Å². The Bertz CT molecular complexity index is 1150. The first-order valence-corrected chi connectivity index (χ1v) is 12.6. The van der Waals surface area contributed by atoms with Gasteiger partial charge in [-0.3, -0.25) is 4.99 Å². The van der Waals surface area contributed by atoms with Crippen molar-refractivity contribution in [1.82, 2.24) is 9.78 Å². The summed E-state index contributed by atoms with van der Waals surface area (Å²) in [6.45, 7) is 6.40. The van der Waals surface area contributed by atoms with Crippen molar-refractivity contribution in [2.45, 2.75) is 17.0 Å². The van der Waals surface area contributed by atoms with Crippen LogP contribution in [0.25, 0.3) is 16.9 Å². The van der Waals surface area contributed by atoms with Gasteiger partial charge in [0.25, 0.3) is 0 Å². The highest BCUT2D eigenvalue weighted by Gasteiger charge is 2.24. The Hall–Kier alpha value is -2.81. The smallest absolute Gasteiger partial charge is 0.178 e. The van der Waals surface area contributed by atoms with Crippen LogP contribution in [-0.2, 0) is 3.68 Å². The van der Waals surface area contributed by atoms with E-state index in [0.29, 0.717) is 30.2 Å². The van der Waals surface area contributed by atoms with Crippen LogP contribution >= 0.6 is 20.7 Å². The van der Waals surface area contributed by atoms with Crippen LogP contribution in [0.3, 0.4) is 0 Å². The van der Waals surface area contributed by atoms with Gasteiger partial charge in [-0.15, -0.1) is 5.10 Å². The van der Waals surface area contributed by atoms with Crippen LogP contribution in [0.4, 0.5) is 10.2 Å². The number of nitrogens with one attached hydrogen (secondary N) is 1. The van der Waals surface area contributed by atoms with Crippen molar-refractivity contribution >= 4 is 36.9 Å². The van der Waals surface area contributed by atoms with Crippen molar-refractivity contribution in [2.75, 3.05) is 11.9 Å². The first-order chi connectivity index (χ1) is 14.9. The molecule has 1 aliphatic rings. The van der Waals surface area contributed by atoms with Crippen LogP contribution in [0.15, 0.2) is 77.9 Å². The Morgan fingerprint density at radius 1 is 1.23 bits per heavy atom. The highest BCUT2D eigenvalue weighted by molar-refractivity contribution is 14.2. The van der Waals surface area contributed by atoms with E-state index < -0.39 is 24.4 Å². The highest BCUT2D eigenvalue weighted by atomic mass is 127. The monoisotopic (exact) mass is 529 g/mol. The van der Waals surface area contributed by atoms with E-state index in [9.17, 15) is 4.39 Å². The van der Waals surface area contributed by atoms with E-state index in [1.165, 1.54) is 0 Å². The molecule has 0 fully saturated rings. The standard InChI is InChI=1S/C24H25FIN5/c1-16(18-13-22(27)28-15-18)29-23-14-21(31(30-23)20-10-5-4-6-11-20)17-8-7-9-19(12-17)24(2,25)26-3/h4-12,14,18H,1,3,13,15H2,2H3,(H2,27,28)(H,29,30)/t18-,24?/m1/s1. The number of aliphatic imine (C=N–C) groups is 1. The number of alkyl halides is 2. The van der Waals surface area contributed by atoms with E-state index in [2.05, 4.69) is 21.4 Å². The molecule has 1 aliphatic heterocycles. The molecule has 1 unspecified atom stereocenters. The topological polar surface area (TPSA) is 68.2 Å². The third-order valence-corrected chi connectivity index (χ3v) is 7.43. The molecule has 5 nitrogen and oxygen atoms in total. The molecule has 0 saturated heterocycles. The summed E-state index contributed by atoms with van der Waals surface area (Å²) < 4.78 is 19.3. The molecule has 0 spiro atoms. The van der Waals surface area contributed by atoms with Crippen LogP contribution in [0, 0.1) is 5.92 Å². The minimum Gasteiger partial charge on any atom is -0.387 e. The lowest BCUT2D eigenvalue weighted by Gasteiger charge is -2.16. The summed E-state index contributed by atoms with van der Waals surface area (Å²) >= 11 is -0.854. The summed E-state index contributed by atoms with van der Waals surface area (Å²) in [6, 6.07) is 19.4. The fraction of sp³-hybridized carbons (Fsp3) is 0.208. The minimum atomic E-state index is -1.38. The van der Waals surface area contributed by atoms with Gasteiger partial charge >= 0.3 is 0 Å². The summed E-state index contributed by atoms with van der Waals surface area (Å²) in [6.07, 6.45) is 0.698. The molecule has 2 aromatic carbocycles. The van der Waals surface area contributed by atoms with Crippen molar-refractivity contribution in [3.05, 3.63) is 78.5 Å². The number of anilines is 1. The van der Waals surface area contributed by atoms with Gasteiger partial charge in [0.2, 0.25) is 0 Å². The van der Waals surface area contributed by atoms with E-state index in [0.717, 1.165) is 22.6 Å². The van der Waals surface area contributed by atoms with Crippen molar-refractivity contribution in [2.24, 2.45) is 16.6 Å². The lowest BCUT2D eigenvalue weighted by atomic mass is 10.0. The maximum atomic E-state index is 15.0. The molecule has 0 aliphatic carbocycles. The zero-order chi connectivity index (χ0) is 22.0. The van der Waals surface area contributed by atoms with E-state index in [1.807, 2.05) is 65.3 Å². The van der Waals surface area contributed by atoms with Crippen molar-refractivity contribution < 1.29 is 4.39 Å². The molecule has 2 heterocycles. The van der Waals surface area contributed by atoms with Crippen LogP contribution in [-0.4, -0.2) is 26.7 Å². The molecular weight excluding hydrogens is 504 g/mol. The molecule has 3 aromatic rings. The molecule has 3 N–H and O–H groups in total. The van der Waals surface area contributed by atoms with Gasteiger partial charge in [0.05, 0.1) is 17.2 Å². The number of hydrogen-bond acceptors (Lipinski definition) is 4. The SMILES string of the molecule is C=IC(C)(F)c1cccc(-c2cc(NC(=C)[C@H]3CN=C(N)C3)nn2-c2ccccc2)c1. The summed E-state index contributed by atoms with van der Waals surface area (Å²) in [5.41, 5.74) is 9.98. The third kappa shape index (κ3) is 4.61. The summed E-state index contributed by atoms with van der Waals surface area (Å²) in [5.74, 6) is 1.48. The zero-order valence-electron chi connectivity index (χ0n) is 17.4. The second-order valence-electron chi connectivity index (χ2n) is 7.65. The van der Waals surface area contributed by atoms with Gasteiger partial charge < -0.3 is 11.1 Å². The van der Waals surface area contributed by atoms with Crippen molar-refractivity contribution in [1.29, 1.82) is 0 Å². The van der Waals surface area contributed by atoms with Gasteiger partial charge in [0.15, 0.2) is 9.49 Å². The van der Waals surface area contributed by atoms with E-state index in [4.69, 9.17) is 10.8 Å². The molecule has 160 valence electrons. The van der Waals surface area contributed by atoms with Gasteiger partial charge in [-0.1, -0.05) is 68.2 Å². The van der Waals surface area contributed by atoms with Gasteiger partial charge in [-0.2, -0.15) is 0 Å². The van der Waals surface area contributed by atoms with E-state index in [-0.39, 0.29) is 5.92 Å². The van der Waals surface area contributed by atoms with Gasteiger partial charge in [-0.25, -0.2) is 9.07 Å².